The lowest BCUT2D eigenvalue weighted by Gasteiger charge is -2.41. The Morgan fingerprint density at radius 2 is 0.864 bits per heavy atom. The maximum absolute atomic E-state index is 14.5. The summed E-state index contributed by atoms with van der Waals surface area (Å²) >= 11 is 0. The van der Waals surface area contributed by atoms with Crippen molar-refractivity contribution >= 4 is 49.5 Å². The van der Waals surface area contributed by atoms with Gasteiger partial charge >= 0.3 is 0 Å². The number of rotatable bonds is 5. The maximum Gasteiger partial charge on any atom is 0.193 e. The second-order valence-electron chi connectivity index (χ2n) is 15.6. The van der Waals surface area contributed by atoms with Gasteiger partial charge in [-0.1, -0.05) is 164 Å². The number of carbonyl (C=O) groups is 1. The maximum atomic E-state index is 14.5. The Morgan fingerprint density at radius 3 is 1.53 bits per heavy atom. The number of hydrogen-bond donors (Lipinski definition) is 0. The van der Waals surface area contributed by atoms with Gasteiger partial charge in [0.1, 0.15) is 11.2 Å². The molecule has 3 heteroatoms. The zero-order chi connectivity index (χ0) is 39.1. The number of fused-ring (bicyclic) bond motifs is 8. The molecule has 0 amide bonds. The van der Waals surface area contributed by atoms with Crippen LogP contribution in [0.3, 0.4) is 0 Å². The molecule has 3 nitrogen and oxygen atoms in total. The molecule has 1 aliphatic carbocycles. The molecule has 2 aromatic heterocycles. The minimum absolute atomic E-state index is 0.0542. The monoisotopic (exact) mass is 753 g/mol. The van der Waals surface area contributed by atoms with Crippen LogP contribution < -0.4 is 0 Å². The third-order valence-corrected chi connectivity index (χ3v) is 12.5. The van der Waals surface area contributed by atoms with Crippen LogP contribution in [0, 0.1) is 0 Å². The highest BCUT2D eigenvalue weighted by Crippen LogP contribution is 2.51. The Kier molecular flexibility index (Phi) is 7.29. The van der Waals surface area contributed by atoms with Gasteiger partial charge in [0.15, 0.2) is 5.78 Å². The van der Waals surface area contributed by atoms with Crippen LogP contribution in [0.1, 0.15) is 38.2 Å². The minimum Gasteiger partial charge on any atom is -0.456 e. The normalized spacial score (nSPS) is 13.3. The molecule has 0 aliphatic heterocycles. The van der Waals surface area contributed by atoms with Crippen LogP contribution in [0.5, 0.6) is 0 Å². The summed E-state index contributed by atoms with van der Waals surface area (Å²) in [5.41, 5.74) is 14.6. The van der Waals surface area contributed by atoms with E-state index in [0.29, 0.717) is 0 Å². The zero-order valence-electron chi connectivity index (χ0n) is 32.0. The lowest BCUT2D eigenvalue weighted by atomic mass is 9.59. The van der Waals surface area contributed by atoms with Gasteiger partial charge < -0.3 is 8.98 Å². The van der Waals surface area contributed by atoms with E-state index in [2.05, 4.69) is 199 Å². The molecule has 0 atom stereocenters. The van der Waals surface area contributed by atoms with Crippen molar-refractivity contribution in [2.24, 2.45) is 0 Å². The van der Waals surface area contributed by atoms with Crippen LogP contribution >= 0.6 is 0 Å². The smallest absolute Gasteiger partial charge is 0.193 e. The van der Waals surface area contributed by atoms with E-state index in [0.717, 1.165) is 83.3 Å². The summed E-state index contributed by atoms with van der Waals surface area (Å²) in [6, 6.07) is 74.6. The number of benzene rings is 9. The third-order valence-electron chi connectivity index (χ3n) is 12.5. The highest BCUT2D eigenvalue weighted by Gasteiger charge is 2.46. The van der Waals surface area contributed by atoms with Gasteiger partial charge in [-0.15, -0.1) is 0 Å². The highest BCUT2D eigenvalue weighted by molar-refractivity contribution is 6.15. The van der Waals surface area contributed by atoms with Crippen molar-refractivity contribution in [3.63, 3.8) is 0 Å². The first-order valence-electron chi connectivity index (χ1n) is 20.1. The molecule has 1 aliphatic rings. The van der Waals surface area contributed by atoms with Gasteiger partial charge in [-0.3, -0.25) is 4.79 Å². The second kappa shape index (κ2) is 12.9. The van der Waals surface area contributed by atoms with Crippen molar-refractivity contribution in [1.82, 2.24) is 4.57 Å². The van der Waals surface area contributed by atoms with Crippen molar-refractivity contribution in [1.29, 1.82) is 0 Å². The van der Waals surface area contributed by atoms with Gasteiger partial charge in [-0.2, -0.15) is 0 Å². The Hall–Kier alpha value is -7.75. The minimum atomic E-state index is -0.648. The Morgan fingerprint density at radius 1 is 0.373 bits per heavy atom. The Labute approximate surface area is 341 Å². The highest BCUT2D eigenvalue weighted by atomic mass is 16.3. The molecule has 0 fully saturated rings. The summed E-state index contributed by atoms with van der Waals surface area (Å²) in [7, 11) is 0. The summed E-state index contributed by atoms with van der Waals surface area (Å²) < 4.78 is 8.73. The van der Waals surface area contributed by atoms with Crippen LogP contribution in [0.4, 0.5) is 0 Å². The second-order valence-corrected chi connectivity index (χ2v) is 15.6. The summed E-state index contributed by atoms with van der Waals surface area (Å²) in [5.74, 6) is 0.0542. The van der Waals surface area contributed by atoms with Crippen molar-refractivity contribution in [2.75, 3.05) is 0 Å². The number of aromatic nitrogens is 1. The number of carbonyl (C=O) groups excluding carboxylic acids is 1. The third kappa shape index (κ3) is 4.92. The summed E-state index contributed by atoms with van der Waals surface area (Å²) in [4.78, 5) is 14.5. The van der Waals surface area contributed by atoms with Crippen LogP contribution in [0.15, 0.2) is 217 Å². The average Bonchev–Trinajstić information content (AvgIpc) is 3.85. The van der Waals surface area contributed by atoms with Crippen LogP contribution in [0.2, 0.25) is 0 Å². The van der Waals surface area contributed by atoms with E-state index in [4.69, 9.17) is 4.42 Å². The largest absolute Gasteiger partial charge is 0.456 e. The number of para-hydroxylation sites is 2. The first-order chi connectivity index (χ1) is 29.2. The molecule has 0 saturated heterocycles. The quantitative estimate of drug-likeness (QED) is 0.175. The van der Waals surface area contributed by atoms with Gasteiger partial charge in [-0.05, 0) is 93.0 Å². The molecule has 0 saturated carbocycles. The van der Waals surface area contributed by atoms with E-state index >= 15 is 0 Å². The molecule has 59 heavy (non-hydrogen) atoms. The number of furan rings is 1. The predicted molar refractivity (Wildman–Crippen MR) is 241 cm³/mol. The molecule has 12 rings (SSSR count). The van der Waals surface area contributed by atoms with E-state index in [1.807, 2.05) is 18.2 Å². The fraction of sp³-hybridized carbons (Fsp3) is 0.0179. The number of ketones is 1. The molecule has 276 valence electrons. The molecule has 0 spiro atoms. The van der Waals surface area contributed by atoms with Crippen molar-refractivity contribution in [3.8, 4) is 27.9 Å². The fourth-order valence-electron chi connectivity index (χ4n) is 9.84. The molecule has 0 N–H and O–H groups in total. The van der Waals surface area contributed by atoms with E-state index in [1.54, 1.807) is 0 Å². The molecular formula is C56H35NO2. The van der Waals surface area contributed by atoms with E-state index in [1.165, 1.54) is 21.8 Å². The first-order valence-corrected chi connectivity index (χ1v) is 20.1. The van der Waals surface area contributed by atoms with Crippen molar-refractivity contribution < 1.29 is 9.21 Å². The molecule has 0 unspecified atom stereocenters. The lowest BCUT2D eigenvalue weighted by molar-refractivity contribution is 0.103. The first kappa shape index (κ1) is 33.4. The zero-order valence-corrected chi connectivity index (χ0v) is 32.0. The fourth-order valence-corrected chi connectivity index (χ4v) is 9.84. The van der Waals surface area contributed by atoms with Gasteiger partial charge in [0, 0.05) is 38.4 Å². The van der Waals surface area contributed by atoms with E-state index < -0.39 is 5.41 Å². The van der Waals surface area contributed by atoms with Crippen molar-refractivity contribution in [2.45, 2.75) is 5.41 Å². The topological polar surface area (TPSA) is 35.1 Å². The van der Waals surface area contributed by atoms with Gasteiger partial charge in [-0.25, -0.2) is 0 Å². The molecule has 0 radical (unpaired) electrons. The lowest BCUT2D eigenvalue weighted by Crippen LogP contribution is -2.38. The summed E-state index contributed by atoms with van der Waals surface area (Å²) in [6.07, 6.45) is 0. The SMILES string of the molecule is O=C1c2ccccc2C(c2ccccc2)(c2ccccc2)c2ccc(-c3ccc(-c4ccc5oc6ccc(-n7c8ccccc8c8ccccc87)cc6c5c4)cc3)cc21. The van der Waals surface area contributed by atoms with E-state index in [9.17, 15) is 4.79 Å². The van der Waals surface area contributed by atoms with Gasteiger partial charge in [0.25, 0.3) is 0 Å². The van der Waals surface area contributed by atoms with Crippen LogP contribution in [-0.4, -0.2) is 10.4 Å². The standard InChI is InChI=1S/C56H35NO2/c58-55-45-19-7-10-20-49(45)56(40-13-3-1-4-14-40,41-15-5-2-6-16-41)50-30-27-38(34-48(50)55)36-23-25-37(26-24-36)39-28-31-53-46(33-39)47-35-42(29-32-54(47)59-53)57-51-21-11-8-17-43(51)44-18-9-12-22-52(44)57/h1-35H. The number of hydrogen-bond acceptors (Lipinski definition) is 2. The summed E-state index contributed by atoms with van der Waals surface area (Å²) in [6.45, 7) is 0. The Bertz CT molecular complexity index is 3350. The molecule has 2 heterocycles. The van der Waals surface area contributed by atoms with Gasteiger partial charge in [0.2, 0.25) is 0 Å². The molecular weight excluding hydrogens is 719 g/mol. The predicted octanol–water partition coefficient (Wildman–Crippen LogP) is 13.9. The van der Waals surface area contributed by atoms with Crippen LogP contribution in [-0.2, 0) is 5.41 Å². The molecule has 11 aromatic rings. The average molecular weight is 754 g/mol. The van der Waals surface area contributed by atoms with Crippen molar-refractivity contribution in [3.05, 3.63) is 246 Å². The molecule has 9 aromatic carbocycles. The van der Waals surface area contributed by atoms with Gasteiger partial charge in [0.05, 0.1) is 16.4 Å². The van der Waals surface area contributed by atoms with Crippen LogP contribution in [0.25, 0.3) is 71.7 Å². The van der Waals surface area contributed by atoms with E-state index in [-0.39, 0.29) is 5.78 Å². The summed E-state index contributed by atoms with van der Waals surface area (Å²) in [5, 5.41) is 4.65. The number of nitrogens with zero attached hydrogens (tertiary/aromatic N) is 1. The molecule has 0 bridgehead atoms. The Balaban J connectivity index is 0.943.